The summed E-state index contributed by atoms with van der Waals surface area (Å²) >= 11 is 1.74. The molecule has 0 amide bonds. The van der Waals surface area contributed by atoms with Crippen LogP contribution in [0.2, 0.25) is 0 Å². The van der Waals surface area contributed by atoms with Crippen molar-refractivity contribution in [1.29, 1.82) is 0 Å². The highest BCUT2D eigenvalue weighted by Gasteiger charge is 2.26. The molecule has 3 aromatic heterocycles. The fourth-order valence-electron chi connectivity index (χ4n) is 3.86. The maximum atomic E-state index is 13.5. The molecule has 1 atom stereocenters. The molecule has 6 heteroatoms. The highest BCUT2D eigenvalue weighted by atomic mass is 32.1. The van der Waals surface area contributed by atoms with Gasteiger partial charge in [0.1, 0.15) is 10.7 Å². The zero-order valence-electron chi connectivity index (χ0n) is 14.2. The third-order valence-electron chi connectivity index (χ3n) is 5.14. The van der Waals surface area contributed by atoms with E-state index in [2.05, 4.69) is 17.1 Å². The predicted octanol–water partition coefficient (Wildman–Crippen LogP) is 3.53. The van der Waals surface area contributed by atoms with Gasteiger partial charge in [-0.05, 0) is 49.8 Å². The van der Waals surface area contributed by atoms with Crippen molar-refractivity contribution >= 4 is 27.3 Å². The SMILES string of the molecule is Cc1nnc2n(-c3ccccc3)c(=O)c3c4c(sc3n12)C[C@@H](C)CC4. The second-order valence-corrected chi connectivity index (χ2v) is 7.97. The number of hydrogen-bond donors (Lipinski definition) is 0. The standard InChI is InChI=1S/C19H18N4OS/c1-11-8-9-14-15(10-11)25-18-16(14)17(24)23(13-6-4-3-5-7-13)19-21-20-12(2)22(18)19/h3-7,11H,8-10H2,1-2H3/t11-/m0/s1. The Morgan fingerprint density at radius 1 is 1.20 bits per heavy atom. The number of para-hydroxylation sites is 1. The van der Waals surface area contributed by atoms with Crippen LogP contribution in [-0.2, 0) is 12.8 Å². The van der Waals surface area contributed by atoms with Crippen molar-refractivity contribution in [1.82, 2.24) is 19.2 Å². The van der Waals surface area contributed by atoms with Crippen LogP contribution in [0.15, 0.2) is 35.1 Å². The van der Waals surface area contributed by atoms with E-state index in [0.717, 1.165) is 41.0 Å². The van der Waals surface area contributed by atoms with E-state index in [9.17, 15) is 4.79 Å². The van der Waals surface area contributed by atoms with Gasteiger partial charge in [-0.2, -0.15) is 0 Å². The summed E-state index contributed by atoms with van der Waals surface area (Å²) in [6, 6.07) is 9.72. The normalized spacial score (nSPS) is 17.3. The number of benzene rings is 1. The summed E-state index contributed by atoms with van der Waals surface area (Å²) in [5.74, 6) is 2.08. The summed E-state index contributed by atoms with van der Waals surface area (Å²) in [4.78, 5) is 15.8. The van der Waals surface area contributed by atoms with E-state index in [1.54, 1.807) is 15.9 Å². The molecule has 5 rings (SSSR count). The quantitative estimate of drug-likeness (QED) is 0.528. The third-order valence-corrected chi connectivity index (χ3v) is 6.37. The molecular weight excluding hydrogens is 332 g/mol. The number of aromatic nitrogens is 4. The van der Waals surface area contributed by atoms with Crippen LogP contribution in [0.1, 0.15) is 29.6 Å². The Morgan fingerprint density at radius 3 is 2.80 bits per heavy atom. The largest absolute Gasteiger partial charge is 0.268 e. The van der Waals surface area contributed by atoms with Crippen molar-refractivity contribution in [2.24, 2.45) is 5.92 Å². The molecule has 1 aromatic carbocycles. The van der Waals surface area contributed by atoms with Gasteiger partial charge in [0.25, 0.3) is 5.56 Å². The van der Waals surface area contributed by atoms with Gasteiger partial charge in [0.05, 0.1) is 11.1 Å². The molecule has 4 aromatic rings. The Hall–Kier alpha value is -2.47. The fraction of sp³-hybridized carbons (Fsp3) is 0.316. The van der Waals surface area contributed by atoms with Crippen molar-refractivity contribution in [3.63, 3.8) is 0 Å². The zero-order chi connectivity index (χ0) is 17.1. The van der Waals surface area contributed by atoms with Crippen LogP contribution in [0.25, 0.3) is 21.7 Å². The van der Waals surface area contributed by atoms with Gasteiger partial charge in [0.2, 0.25) is 5.78 Å². The second-order valence-electron chi connectivity index (χ2n) is 6.89. The van der Waals surface area contributed by atoms with E-state index in [1.165, 1.54) is 10.4 Å². The lowest BCUT2D eigenvalue weighted by Gasteiger charge is -2.17. The molecular formula is C19H18N4OS. The highest BCUT2D eigenvalue weighted by Crippen LogP contribution is 2.37. The summed E-state index contributed by atoms with van der Waals surface area (Å²) in [7, 11) is 0. The topological polar surface area (TPSA) is 52.2 Å². The van der Waals surface area contributed by atoms with Gasteiger partial charge in [0.15, 0.2) is 0 Å². The molecule has 0 N–H and O–H groups in total. The number of hydrogen-bond acceptors (Lipinski definition) is 4. The summed E-state index contributed by atoms with van der Waals surface area (Å²) in [6.07, 6.45) is 3.18. The van der Waals surface area contributed by atoms with Gasteiger partial charge in [0, 0.05) is 4.88 Å². The van der Waals surface area contributed by atoms with Crippen molar-refractivity contribution < 1.29 is 0 Å². The molecule has 0 spiro atoms. The Bertz CT molecular complexity index is 1170. The lowest BCUT2D eigenvalue weighted by atomic mass is 9.89. The monoisotopic (exact) mass is 350 g/mol. The van der Waals surface area contributed by atoms with E-state index in [0.29, 0.717) is 11.7 Å². The Morgan fingerprint density at radius 2 is 2.00 bits per heavy atom. The van der Waals surface area contributed by atoms with E-state index >= 15 is 0 Å². The number of rotatable bonds is 1. The van der Waals surface area contributed by atoms with E-state index < -0.39 is 0 Å². The molecule has 25 heavy (non-hydrogen) atoms. The van der Waals surface area contributed by atoms with Gasteiger partial charge < -0.3 is 0 Å². The molecule has 5 nitrogen and oxygen atoms in total. The minimum absolute atomic E-state index is 0.0214. The fourth-order valence-corrected chi connectivity index (χ4v) is 5.41. The number of thiophene rings is 1. The minimum atomic E-state index is 0.0214. The number of nitrogens with zero attached hydrogens (tertiary/aromatic N) is 4. The molecule has 0 radical (unpaired) electrons. The van der Waals surface area contributed by atoms with Gasteiger partial charge >= 0.3 is 0 Å². The first-order valence-corrected chi connectivity index (χ1v) is 9.43. The first kappa shape index (κ1) is 14.8. The minimum Gasteiger partial charge on any atom is -0.268 e. The smallest absolute Gasteiger partial charge is 0.268 e. The molecule has 0 unspecified atom stereocenters. The number of aryl methyl sites for hydroxylation is 2. The lowest BCUT2D eigenvalue weighted by molar-refractivity contribution is 0.509. The Balaban J connectivity index is 1.98. The van der Waals surface area contributed by atoms with Crippen LogP contribution in [0, 0.1) is 12.8 Å². The van der Waals surface area contributed by atoms with Crippen LogP contribution < -0.4 is 5.56 Å². The lowest BCUT2D eigenvalue weighted by Crippen LogP contribution is -2.22. The molecule has 3 heterocycles. The van der Waals surface area contributed by atoms with Gasteiger partial charge in [-0.15, -0.1) is 21.5 Å². The molecule has 0 saturated heterocycles. The maximum Gasteiger partial charge on any atom is 0.268 e. The van der Waals surface area contributed by atoms with Crippen molar-refractivity contribution in [2.45, 2.75) is 33.1 Å². The Labute approximate surface area is 148 Å². The third kappa shape index (κ3) is 2.03. The van der Waals surface area contributed by atoms with E-state index in [-0.39, 0.29) is 5.56 Å². The second kappa shape index (κ2) is 5.26. The van der Waals surface area contributed by atoms with Crippen molar-refractivity contribution in [3.8, 4) is 5.69 Å². The van der Waals surface area contributed by atoms with Gasteiger partial charge in [-0.1, -0.05) is 25.1 Å². The summed E-state index contributed by atoms with van der Waals surface area (Å²) < 4.78 is 3.74. The summed E-state index contributed by atoms with van der Waals surface area (Å²) in [6.45, 7) is 4.23. The first-order valence-electron chi connectivity index (χ1n) is 8.61. The average Bonchev–Trinajstić information content (AvgIpc) is 3.16. The van der Waals surface area contributed by atoms with Crippen LogP contribution in [0.3, 0.4) is 0 Å². The average molecular weight is 350 g/mol. The van der Waals surface area contributed by atoms with E-state index in [1.807, 2.05) is 41.7 Å². The summed E-state index contributed by atoms with van der Waals surface area (Å²) in [5.41, 5.74) is 2.09. The molecule has 1 aliphatic rings. The Kier molecular flexibility index (Phi) is 3.12. The van der Waals surface area contributed by atoms with Crippen LogP contribution in [-0.4, -0.2) is 19.2 Å². The molecule has 1 aliphatic carbocycles. The van der Waals surface area contributed by atoms with Crippen LogP contribution in [0.5, 0.6) is 0 Å². The predicted molar refractivity (Wildman–Crippen MR) is 99.9 cm³/mol. The zero-order valence-corrected chi connectivity index (χ0v) is 15.0. The van der Waals surface area contributed by atoms with Gasteiger partial charge in [-0.3, -0.25) is 9.20 Å². The maximum absolute atomic E-state index is 13.5. The number of fused-ring (bicyclic) bond motifs is 5. The van der Waals surface area contributed by atoms with Crippen molar-refractivity contribution in [3.05, 3.63) is 57.0 Å². The summed E-state index contributed by atoms with van der Waals surface area (Å²) in [5, 5.41) is 9.42. The highest BCUT2D eigenvalue weighted by molar-refractivity contribution is 7.18. The molecule has 0 bridgehead atoms. The van der Waals surface area contributed by atoms with Crippen molar-refractivity contribution in [2.75, 3.05) is 0 Å². The molecule has 0 aliphatic heterocycles. The van der Waals surface area contributed by atoms with Crippen LogP contribution in [0.4, 0.5) is 0 Å². The van der Waals surface area contributed by atoms with E-state index in [4.69, 9.17) is 0 Å². The van der Waals surface area contributed by atoms with Crippen LogP contribution >= 0.6 is 11.3 Å². The molecule has 0 saturated carbocycles. The van der Waals surface area contributed by atoms with Gasteiger partial charge in [-0.25, -0.2) is 4.57 Å². The molecule has 0 fully saturated rings. The first-order chi connectivity index (χ1) is 12.1. The molecule has 126 valence electrons.